The maximum atomic E-state index is 4.10. The van der Waals surface area contributed by atoms with Crippen molar-refractivity contribution >= 4 is 0 Å². The zero-order valence-corrected chi connectivity index (χ0v) is 54.0. The predicted octanol–water partition coefficient (Wildman–Crippen LogP) is 14.3. The maximum absolute atomic E-state index is 4.10. The van der Waals surface area contributed by atoms with Crippen LogP contribution in [0.1, 0.15) is 185 Å². The van der Waals surface area contributed by atoms with E-state index in [9.17, 15) is 0 Å². The second kappa shape index (κ2) is 55.7. The molecule has 0 aromatic carbocycles. The molecule has 0 saturated heterocycles. The van der Waals surface area contributed by atoms with Crippen molar-refractivity contribution in [3.05, 3.63) is 176 Å². The van der Waals surface area contributed by atoms with Gasteiger partial charge in [-0.1, -0.05) is 83.1 Å². The van der Waals surface area contributed by atoms with Gasteiger partial charge in [0.25, 0.3) is 0 Å². The molecule has 18 heteroatoms. The van der Waals surface area contributed by atoms with Crippen LogP contribution in [0.15, 0.2) is 74.4 Å². The van der Waals surface area contributed by atoms with Crippen LogP contribution in [0, 0.1) is 125 Å². The van der Waals surface area contributed by atoms with Gasteiger partial charge in [0.05, 0.1) is 57.9 Å². The van der Waals surface area contributed by atoms with Crippen LogP contribution >= 0.6 is 0 Å². The smallest absolute Gasteiger partial charge is 0.148 e. The summed E-state index contributed by atoms with van der Waals surface area (Å²) in [6.07, 6.45) is 17.0. The summed E-state index contributed by atoms with van der Waals surface area (Å²) in [6, 6.07) is 3.89. The van der Waals surface area contributed by atoms with E-state index in [2.05, 4.69) is 90.9 Å². The van der Waals surface area contributed by atoms with Crippen LogP contribution < -0.4 is 0 Å². The average Bonchev–Trinajstić information content (AvgIpc) is 3.46. The van der Waals surface area contributed by atoms with Gasteiger partial charge < -0.3 is 0 Å². The molecule has 432 valence electrons. The number of nitrogens with zero attached hydrogens (tertiary/aromatic N) is 18. The van der Waals surface area contributed by atoms with E-state index >= 15 is 0 Å². The SMILES string of the molecule is CC.CC.CC.CC.CC.CC.Cc1ccnnc1C.Cc1ccnnc1C.Cc1cncnc1C.Cc1cncnc1C.Cc1cnncc1C.Cc1nccnc1C.Cc1nnc(C)c(C)n1.Cc1nnc(C)c(C)n1. The second-order valence-electron chi connectivity index (χ2n) is 14.8. The zero-order valence-electron chi connectivity index (χ0n) is 54.0. The first-order chi connectivity index (χ1) is 37.2. The topological polar surface area (TPSA) is 232 Å². The van der Waals surface area contributed by atoms with Crippen LogP contribution in [-0.2, 0) is 0 Å². The van der Waals surface area contributed by atoms with Crippen molar-refractivity contribution in [2.24, 2.45) is 0 Å². The Hall–Kier alpha value is -7.50. The van der Waals surface area contributed by atoms with Crippen LogP contribution in [0.3, 0.4) is 0 Å². The fourth-order valence-electron chi connectivity index (χ4n) is 3.90. The molecule has 8 rings (SSSR count). The van der Waals surface area contributed by atoms with Crippen molar-refractivity contribution < 1.29 is 0 Å². The standard InChI is InChI=1S/2C6H9N3.6C6H8N2.6C2H6/c2*1-4-5(2)8-9-6(3)7-4;2*1-5-3-7-4-8-6(5)2;1-5-3-7-8-4-6(5)2;1-5-6(2)8-4-3-7-5;2*1-5-3-4-7-8-6(5)2;6*1-2/h2*1-3H3;6*3-4H,1-2H3;6*1-2H3. The molecule has 0 N–H and O–H groups in total. The number of rotatable bonds is 0. The predicted molar refractivity (Wildman–Crippen MR) is 325 cm³/mol. The Balaban J connectivity index is -0.000000185. The minimum Gasteiger partial charge on any atom is -0.258 e. The van der Waals surface area contributed by atoms with E-state index in [1.54, 1.807) is 49.8 Å². The highest BCUT2D eigenvalue weighted by atomic mass is 15.2. The molecular weight excluding hydrogens is 973 g/mol. The van der Waals surface area contributed by atoms with Crippen molar-refractivity contribution in [2.45, 2.75) is 208 Å². The molecule has 0 fully saturated rings. The van der Waals surface area contributed by atoms with Crippen LogP contribution in [0.4, 0.5) is 0 Å². The van der Waals surface area contributed by atoms with E-state index in [0.29, 0.717) is 0 Å². The lowest BCUT2D eigenvalue weighted by molar-refractivity contribution is 0.848. The van der Waals surface area contributed by atoms with Crippen LogP contribution in [0.25, 0.3) is 0 Å². The van der Waals surface area contributed by atoms with Gasteiger partial charge in [-0.25, -0.2) is 29.9 Å². The van der Waals surface area contributed by atoms with E-state index in [1.807, 2.05) is 232 Å². The van der Waals surface area contributed by atoms with Crippen LogP contribution in [0.2, 0.25) is 0 Å². The molecule has 8 heterocycles. The molecule has 0 atom stereocenters. The van der Waals surface area contributed by atoms with Gasteiger partial charge in [0.1, 0.15) is 24.3 Å². The van der Waals surface area contributed by atoms with Crippen molar-refractivity contribution in [2.75, 3.05) is 0 Å². The van der Waals surface area contributed by atoms with Gasteiger partial charge in [0, 0.05) is 48.6 Å². The molecule has 0 bridgehead atoms. The third-order valence-electron chi connectivity index (χ3n) is 9.37. The van der Waals surface area contributed by atoms with E-state index < -0.39 is 0 Å². The summed E-state index contributed by atoms with van der Waals surface area (Å²) >= 11 is 0. The van der Waals surface area contributed by atoms with Crippen molar-refractivity contribution in [3.8, 4) is 0 Å². The molecule has 78 heavy (non-hydrogen) atoms. The molecule has 0 amide bonds. The zero-order chi connectivity index (χ0) is 61.6. The van der Waals surface area contributed by atoms with Crippen molar-refractivity contribution in [3.63, 3.8) is 0 Å². The minimum absolute atomic E-state index is 0.734. The van der Waals surface area contributed by atoms with Gasteiger partial charge in [-0.05, 0) is 170 Å². The molecule has 8 aromatic heterocycles. The molecule has 0 spiro atoms. The van der Waals surface area contributed by atoms with E-state index in [1.165, 1.54) is 22.3 Å². The Kier molecular flexibility index (Phi) is 58.5. The minimum atomic E-state index is 0.734. The van der Waals surface area contributed by atoms with E-state index in [0.717, 1.165) is 79.7 Å². The largest absolute Gasteiger partial charge is 0.258 e. The summed E-state index contributed by atoms with van der Waals surface area (Å²) in [5.74, 6) is 1.47. The van der Waals surface area contributed by atoms with Gasteiger partial charge in [0.2, 0.25) is 0 Å². The van der Waals surface area contributed by atoms with Gasteiger partial charge >= 0.3 is 0 Å². The molecular formula is C60H102N18. The van der Waals surface area contributed by atoms with Crippen LogP contribution in [-0.4, -0.2) is 90.9 Å². The first-order valence-corrected chi connectivity index (χ1v) is 27.0. The summed E-state index contributed by atoms with van der Waals surface area (Å²) in [5, 5.41) is 37.7. The first-order valence-electron chi connectivity index (χ1n) is 27.0. The van der Waals surface area contributed by atoms with E-state index in [-0.39, 0.29) is 0 Å². The highest BCUT2D eigenvalue weighted by molar-refractivity contribution is 5.16. The fourth-order valence-corrected chi connectivity index (χ4v) is 3.90. The molecule has 0 saturated carbocycles. The van der Waals surface area contributed by atoms with Crippen molar-refractivity contribution in [1.29, 1.82) is 0 Å². The number of aromatic nitrogens is 18. The van der Waals surface area contributed by atoms with Crippen molar-refractivity contribution in [1.82, 2.24) is 90.9 Å². The lowest BCUT2D eigenvalue weighted by Crippen LogP contribution is -1.97. The van der Waals surface area contributed by atoms with E-state index in [4.69, 9.17) is 0 Å². The monoisotopic (exact) mass is 1070 g/mol. The third kappa shape index (κ3) is 43.7. The van der Waals surface area contributed by atoms with Gasteiger partial charge in [-0.2, -0.15) is 40.8 Å². The molecule has 0 radical (unpaired) electrons. The average molecular weight is 1080 g/mol. The Labute approximate surface area is 473 Å². The Morgan fingerprint density at radius 1 is 0.231 bits per heavy atom. The quantitative estimate of drug-likeness (QED) is 0.137. The number of hydrogen-bond acceptors (Lipinski definition) is 18. The lowest BCUT2D eigenvalue weighted by Gasteiger charge is -1.94. The Bertz CT molecular complexity index is 2110. The second-order valence-corrected chi connectivity index (χ2v) is 14.8. The Morgan fingerprint density at radius 3 is 0.718 bits per heavy atom. The molecule has 18 nitrogen and oxygen atoms in total. The summed E-state index contributed by atoms with van der Waals surface area (Å²) < 4.78 is 0. The molecule has 0 aliphatic heterocycles. The first kappa shape index (κ1) is 81.9. The molecule has 8 aromatic rings. The summed E-state index contributed by atoms with van der Waals surface area (Å²) in [7, 11) is 0. The number of hydrogen-bond donors (Lipinski definition) is 0. The molecule has 0 unspecified atom stereocenters. The number of aryl methyl sites for hydroxylation is 18. The summed E-state index contributed by atoms with van der Waals surface area (Å²) in [4.78, 5) is 31.8. The van der Waals surface area contributed by atoms with Gasteiger partial charge in [-0.3, -0.25) is 9.97 Å². The highest BCUT2D eigenvalue weighted by Crippen LogP contribution is 2.01. The summed E-state index contributed by atoms with van der Waals surface area (Å²) in [6.45, 7) is 59.1. The fraction of sp³-hybridized carbons (Fsp3) is 0.500. The normalized spacial score (nSPS) is 8.38. The highest BCUT2D eigenvalue weighted by Gasteiger charge is 1.96. The van der Waals surface area contributed by atoms with Gasteiger partial charge in [0.15, 0.2) is 0 Å². The Morgan fingerprint density at radius 2 is 0.538 bits per heavy atom. The molecule has 0 aliphatic carbocycles. The third-order valence-corrected chi connectivity index (χ3v) is 9.37. The molecule has 0 aliphatic rings. The van der Waals surface area contributed by atoms with Crippen LogP contribution in [0.5, 0.6) is 0 Å². The van der Waals surface area contributed by atoms with Gasteiger partial charge in [-0.15, -0.1) is 10.2 Å². The maximum Gasteiger partial charge on any atom is 0.148 e. The summed E-state index contributed by atoms with van der Waals surface area (Å²) in [5.41, 5.74) is 16.9. The lowest BCUT2D eigenvalue weighted by atomic mass is 10.2.